The van der Waals surface area contributed by atoms with E-state index in [1.54, 1.807) is 18.5 Å². The van der Waals surface area contributed by atoms with Crippen molar-refractivity contribution in [3.63, 3.8) is 0 Å². The monoisotopic (exact) mass is 335 g/mol. The third kappa shape index (κ3) is 3.25. The highest BCUT2D eigenvalue weighted by Gasteiger charge is 2.13. The number of imidazole rings is 1. The lowest BCUT2D eigenvalue weighted by Crippen LogP contribution is -1.96. The normalized spacial score (nSPS) is 10.9. The molecule has 0 amide bonds. The number of rotatable bonds is 4. The van der Waals surface area contributed by atoms with Crippen molar-refractivity contribution in [1.29, 1.82) is 0 Å². The van der Waals surface area contributed by atoms with Gasteiger partial charge in [-0.3, -0.25) is 0 Å². The maximum Gasteiger partial charge on any atom is 0.278 e. The third-order valence-electron chi connectivity index (χ3n) is 3.71. The van der Waals surface area contributed by atoms with Gasteiger partial charge in [0, 0.05) is 24.0 Å². The molecule has 25 heavy (non-hydrogen) atoms. The van der Waals surface area contributed by atoms with Gasteiger partial charge in [-0.15, -0.1) is 0 Å². The van der Waals surface area contributed by atoms with Crippen molar-refractivity contribution in [2.24, 2.45) is 0 Å². The van der Waals surface area contributed by atoms with Gasteiger partial charge in [0.1, 0.15) is 11.5 Å². The summed E-state index contributed by atoms with van der Waals surface area (Å²) in [6.45, 7) is 0.651. The van der Waals surface area contributed by atoms with Crippen LogP contribution >= 0.6 is 0 Å². The Balaban J connectivity index is 1.55. The number of hydrogen-bond donors (Lipinski definition) is 1. The van der Waals surface area contributed by atoms with Gasteiger partial charge in [0.05, 0.1) is 6.33 Å². The van der Waals surface area contributed by atoms with Crippen molar-refractivity contribution < 1.29 is 8.91 Å². The van der Waals surface area contributed by atoms with E-state index >= 15 is 0 Å². The SMILES string of the molecule is Nc1ccc(Cn2cnc(-c3nc(-c4cccc(F)c4)no3)c2)cc1. The van der Waals surface area contributed by atoms with Crippen LogP contribution in [0.1, 0.15) is 5.56 Å². The molecule has 0 spiro atoms. The summed E-state index contributed by atoms with van der Waals surface area (Å²) in [5.74, 6) is 0.259. The van der Waals surface area contributed by atoms with Crippen molar-refractivity contribution >= 4 is 5.69 Å². The van der Waals surface area contributed by atoms with Gasteiger partial charge in [0.2, 0.25) is 5.82 Å². The minimum Gasteiger partial charge on any atom is -0.399 e. The predicted octanol–water partition coefficient (Wildman–Crippen LogP) is 3.37. The Morgan fingerprint density at radius 3 is 2.76 bits per heavy atom. The molecule has 0 saturated heterocycles. The number of nitrogens with two attached hydrogens (primary N) is 1. The highest BCUT2D eigenvalue weighted by atomic mass is 19.1. The Morgan fingerprint density at radius 1 is 1.12 bits per heavy atom. The third-order valence-corrected chi connectivity index (χ3v) is 3.71. The van der Waals surface area contributed by atoms with E-state index < -0.39 is 0 Å². The Morgan fingerprint density at radius 2 is 1.96 bits per heavy atom. The molecule has 0 saturated carbocycles. The van der Waals surface area contributed by atoms with Gasteiger partial charge in [-0.25, -0.2) is 9.37 Å². The second kappa shape index (κ2) is 6.20. The van der Waals surface area contributed by atoms with Gasteiger partial charge in [0.15, 0.2) is 0 Å². The summed E-state index contributed by atoms with van der Waals surface area (Å²) in [5.41, 5.74) is 8.63. The van der Waals surface area contributed by atoms with Gasteiger partial charge >= 0.3 is 0 Å². The van der Waals surface area contributed by atoms with E-state index in [-0.39, 0.29) is 11.7 Å². The smallest absolute Gasteiger partial charge is 0.278 e. The van der Waals surface area contributed by atoms with Crippen LogP contribution in [0.4, 0.5) is 10.1 Å². The molecule has 7 heteroatoms. The number of anilines is 1. The molecular weight excluding hydrogens is 321 g/mol. The lowest BCUT2D eigenvalue weighted by Gasteiger charge is -2.02. The second-order valence-electron chi connectivity index (χ2n) is 5.61. The van der Waals surface area contributed by atoms with E-state index in [1.807, 2.05) is 35.0 Å². The molecule has 2 aromatic carbocycles. The highest BCUT2D eigenvalue weighted by Crippen LogP contribution is 2.21. The first-order chi connectivity index (χ1) is 12.2. The zero-order valence-electron chi connectivity index (χ0n) is 13.1. The second-order valence-corrected chi connectivity index (χ2v) is 5.61. The van der Waals surface area contributed by atoms with E-state index in [0.717, 1.165) is 11.3 Å². The molecule has 2 heterocycles. The summed E-state index contributed by atoms with van der Waals surface area (Å²) in [6, 6.07) is 13.7. The fourth-order valence-corrected chi connectivity index (χ4v) is 2.46. The first-order valence-electron chi connectivity index (χ1n) is 7.63. The summed E-state index contributed by atoms with van der Waals surface area (Å²) in [6.07, 6.45) is 3.51. The van der Waals surface area contributed by atoms with E-state index in [4.69, 9.17) is 10.3 Å². The van der Waals surface area contributed by atoms with E-state index in [0.29, 0.717) is 23.6 Å². The number of nitrogen functional groups attached to an aromatic ring is 1. The molecule has 0 unspecified atom stereocenters. The van der Waals surface area contributed by atoms with Crippen molar-refractivity contribution in [1.82, 2.24) is 19.7 Å². The number of nitrogens with zero attached hydrogens (tertiary/aromatic N) is 4. The van der Waals surface area contributed by atoms with Gasteiger partial charge in [-0.1, -0.05) is 29.4 Å². The van der Waals surface area contributed by atoms with E-state index in [1.165, 1.54) is 12.1 Å². The Bertz CT molecular complexity index is 1010. The molecule has 0 aliphatic carbocycles. The molecule has 0 aliphatic rings. The molecule has 0 bridgehead atoms. The van der Waals surface area contributed by atoms with Gasteiger partial charge in [-0.2, -0.15) is 4.98 Å². The molecule has 0 atom stereocenters. The lowest BCUT2D eigenvalue weighted by atomic mass is 10.2. The molecule has 4 aromatic rings. The van der Waals surface area contributed by atoms with Gasteiger partial charge < -0.3 is 14.8 Å². The fraction of sp³-hybridized carbons (Fsp3) is 0.0556. The maximum atomic E-state index is 13.3. The number of benzene rings is 2. The van der Waals surface area contributed by atoms with Crippen LogP contribution in [0, 0.1) is 5.82 Å². The molecular formula is C18H14FN5O. The molecule has 0 radical (unpaired) electrons. The minimum atomic E-state index is -0.350. The van der Waals surface area contributed by atoms with Crippen molar-refractivity contribution in [3.8, 4) is 23.0 Å². The van der Waals surface area contributed by atoms with Crippen LogP contribution in [-0.2, 0) is 6.54 Å². The quantitative estimate of drug-likeness (QED) is 0.578. The van der Waals surface area contributed by atoms with Crippen LogP contribution in [-0.4, -0.2) is 19.7 Å². The van der Waals surface area contributed by atoms with E-state index in [2.05, 4.69) is 15.1 Å². The number of aromatic nitrogens is 4. The molecule has 124 valence electrons. The largest absolute Gasteiger partial charge is 0.399 e. The zero-order chi connectivity index (χ0) is 17.2. The van der Waals surface area contributed by atoms with Crippen molar-refractivity contribution in [3.05, 3.63) is 72.4 Å². The topological polar surface area (TPSA) is 82.8 Å². The van der Waals surface area contributed by atoms with Crippen LogP contribution < -0.4 is 5.73 Å². The average Bonchev–Trinajstić information content (AvgIpc) is 3.26. The Kier molecular flexibility index (Phi) is 3.74. The van der Waals surface area contributed by atoms with Gasteiger partial charge in [-0.05, 0) is 29.8 Å². The fourth-order valence-electron chi connectivity index (χ4n) is 2.46. The summed E-state index contributed by atoms with van der Waals surface area (Å²) in [4.78, 5) is 8.58. The summed E-state index contributed by atoms with van der Waals surface area (Å²) < 4.78 is 20.5. The average molecular weight is 335 g/mol. The highest BCUT2D eigenvalue weighted by molar-refractivity contribution is 5.57. The van der Waals surface area contributed by atoms with Crippen LogP contribution in [0.5, 0.6) is 0 Å². The number of halogens is 1. The summed E-state index contributed by atoms with van der Waals surface area (Å²) in [5, 5.41) is 3.89. The Hall–Kier alpha value is -3.48. The van der Waals surface area contributed by atoms with Crippen LogP contribution in [0.15, 0.2) is 65.6 Å². The maximum absolute atomic E-state index is 13.3. The standard InChI is InChI=1S/C18H14FN5O/c19-14-3-1-2-13(8-14)17-22-18(25-23-17)16-10-24(11-21-16)9-12-4-6-15(20)7-5-12/h1-8,10-11H,9,20H2. The molecule has 2 N–H and O–H groups in total. The van der Waals surface area contributed by atoms with Crippen molar-refractivity contribution in [2.45, 2.75) is 6.54 Å². The Labute approximate surface area is 142 Å². The predicted molar refractivity (Wildman–Crippen MR) is 90.9 cm³/mol. The summed E-state index contributed by atoms with van der Waals surface area (Å²) >= 11 is 0. The molecule has 2 aromatic heterocycles. The van der Waals surface area contributed by atoms with E-state index in [9.17, 15) is 4.39 Å². The minimum absolute atomic E-state index is 0.287. The first-order valence-corrected chi connectivity index (χ1v) is 7.63. The van der Waals surface area contributed by atoms with Crippen LogP contribution in [0.25, 0.3) is 23.0 Å². The molecule has 6 nitrogen and oxygen atoms in total. The van der Waals surface area contributed by atoms with Crippen molar-refractivity contribution in [2.75, 3.05) is 5.73 Å². The summed E-state index contributed by atoms with van der Waals surface area (Å²) in [7, 11) is 0. The van der Waals surface area contributed by atoms with Gasteiger partial charge in [0.25, 0.3) is 5.89 Å². The van der Waals surface area contributed by atoms with Crippen LogP contribution in [0.2, 0.25) is 0 Å². The number of hydrogen-bond acceptors (Lipinski definition) is 5. The molecule has 0 fully saturated rings. The molecule has 4 rings (SSSR count). The lowest BCUT2D eigenvalue weighted by molar-refractivity contribution is 0.431. The molecule has 0 aliphatic heterocycles. The zero-order valence-corrected chi connectivity index (χ0v) is 13.1. The van der Waals surface area contributed by atoms with Crippen LogP contribution in [0.3, 0.4) is 0 Å². The first kappa shape index (κ1) is 15.1.